The molecule has 0 spiro atoms. The predicted octanol–water partition coefficient (Wildman–Crippen LogP) is 5.57. The molecule has 1 atom stereocenters. The number of rotatable bonds is 10. The SMILES string of the molecule is CCC(C)Oc1cccc(C(=O)Nc2ccc(OCCOc3ccccc3)cc2)c1. The summed E-state index contributed by atoms with van der Waals surface area (Å²) in [4.78, 5) is 12.5. The van der Waals surface area contributed by atoms with Gasteiger partial charge >= 0.3 is 0 Å². The number of anilines is 1. The summed E-state index contributed by atoms with van der Waals surface area (Å²) in [5.41, 5.74) is 1.25. The van der Waals surface area contributed by atoms with Gasteiger partial charge in [-0.05, 0) is 67.9 Å². The summed E-state index contributed by atoms with van der Waals surface area (Å²) in [6.07, 6.45) is 1.01. The van der Waals surface area contributed by atoms with Crippen LogP contribution in [0.25, 0.3) is 0 Å². The number of carbonyl (C=O) groups excluding carboxylic acids is 1. The van der Waals surface area contributed by atoms with E-state index >= 15 is 0 Å². The third kappa shape index (κ3) is 6.55. The van der Waals surface area contributed by atoms with Gasteiger partial charge in [0.15, 0.2) is 0 Å². The summed E-state index contributed by atoms with van der Waals surface area (Å²) in [7, 11) is 0. The molecular weight excluding hydrogens is 378 g/mol. The average Bonchev–Trinajstić information content (AvgIpc) is 2.78. The van der Waals surface area contributed by atoms with Gasteiger partial charge in [0, 0.05) is 11.3 Å². The molecule has 156 valence electrons. The molecule has 1 N–H and O–H groups in total. The smallest absolute Gasteiger partial charge is 0.255 e. The van der Waals surface area contributed by atoms with E-state index in [1.807, 2.05) is 73.7 Å². The van der Waals surface area contributed by atoms with Crippen molar-refractivity contribution < 1.29 is 19.0 Å². The van der Waals surface area contributed by atoms with Crippen LogP contribution in [0.2, 0.25) is 0 Å². The summed E-state index contributed by atoms with van der Waals surface area (Å²) in [6.45, 7) is 4.95. The standard InChI is InChI=1S/C25H27NO4/c1-3-19(2)30-24-11-7-8-20(18-24)25(27)26-21-12-14-23(15-13-21)29-17-16-28-22-9-5-4-6-10-22/h4-15,18-19H,3,16-17H2,1-2H3,(H,26,27). The Morgan fingerprint density at radius 3 is 2.13 bits per heavy atom. The van der Waals surface area contributed by atoms with Crippen molar-refractivity contribution >= 4 is 11.6 Å². The number of para-hydroxylation sites is 1. The molecule has 0 radical (unpaired) electrons. The normalized spacial score (nSPS) is 11.4. The van der Waals surface area contributed by atoms with E-state index in [4.69, 9.17) is 14.2 Å². The zero-order valence-corrected chi connectivity index (χ0v) is 17.3. The van der Waals surface area contributed by atoms with Crippen molar-refractivity contribution in [3.63, 3.8) is 0 Å². The molecule has 3 aromatic carbocycles. The second-order valence-corrected chi connectivity index (χ2v) is 6.85. The van der Waals surface area contributed by atoms with Gasteiger partial charge in [0.25, 0.3) is 5.91 Å². The van der Waals surface area contributed by atoms with Crippen molar-refractivity contribution in [2.45, 2.75) is 26.4 Å². The number of nitrogens with one attached hydrogen (secondary N) is 1. The maximum Gasteiger partial charge on any atom is 0.255 e. The van der Waals surface area contributed by atoms with Gasteiger partial charge in [0.1, 0.15) is 30.5 Å². The summed E-state index contributed by atoms with van der Waals surface area (Å²) in [6, 6.07) is 24.1. The molecule has 0 saturated heterocycles. The molecule has 1 unspecified atom stereocenters. The molecular formula is C25H27NO4. The van der Waals surface area contributed by atoms with Crippen LogP contribution in [0.1, 0.15) is 30.6 Å². The van der Waals surface area contributed by atoms with Crippen LogP contribution < -0.4 is 19.5 Å². The minimum atomic E-state index is -0.186. The number of carbonyl (C=O) groups is 1. The maximum atomic E-state index is 12.5. The fourth-order valence-electron chi connectivity index (χ4n) is 2.70. The zero-order chi connectivity index (χ0) is 21.2. The molecule has 0 saturated carbocycles. The second-order valence-electron chi connectivity index (χ2n) is 6.85. The fraction of sp³-hybridized carbons (Fsp3) is 0.240. The van der Waals surface area contributed by atoms with Gasteiger partial charge in [-0.3, -0.25) is 4.79 Å². The Labute approximate surface area is 177 Å². The first-order valence-electron chi connectivity index (χ1n) is 10.1. The van der Waals surface area contributed by atoms with Crippen LogP contribution in [0.15, 0.2) is 78.9 Å². The van der Waals surface area contributed by atoms with Crippen LogP contribution in [0.4, 0.5) is 5.69 Å². The number of amides is 1. The third-order valence-corrected chi connectivity index (χ3v) is 4.48. The molecule has 0 bridgehead atoms. The first kappa shape index (κ1) is 21.2. The summed E-state index contributed by atoms with van der Waals surface area (Å²) in [5.74, 6) is 2.04. The Balaban J connectivity index is 1.48. The van der Waals surface area contributed by atoms with Gasteiger partial charge in [-0.2, -0.15) is 0 Å². The number of ether oxygens (including phenoxy) is 3. The highest BCUT2D eigenvalue weighted by molar-refractivity contribution is 6.04. The van der Waals surface area contributed by atoms with Crippen molar-refractivity contribution in [1.29, 1.82) is 0 Å². The number of hydrogen-bond acceptors (Lipinski definition) is 4. The van der Waals surface area contributed by atoms with Crippen molar-refractivity contribution in [3.8, 4) is 17.2 Å². The molecule has 0 aliphatic carbocycles. The lowest BCUT2D eigenvalue weighted by atomic mass is 10.2. The molecule has 0 fully saturated rings. The lowest BCUT2D eigenvalue weighted by molar-refractivity contribution is 0.102. The van der Waals surface area contributed by atoms with E-state index in [2.05, 4.69) is 12.2 Å². The third-order valence-electron chi connectivity index (χ3n) is 4.48. The van der Waals surface area contributed by atoms with Crippen LogP contribution in [-0.2, 0) is 0 Å². The van der Waals surface area contributed by atoms with Crippen molar-refractivity contribution in [1.82, 2.24) is 0 Å². The zero-order valence-electron chi connectivity index (χ0n) is 17.3. The van der Waals surface area contributed by atoms with Crippen LogP contribution >= 0.6 is 0 Å². The number of hydrogen-bond donors (Lipinski definition) is 1. The van der Waals surface area contributed by atoms with E-state index in [0.29, 0.717) is 36.0 Å². The highest BCUT2D eigenvalue weighted by atomic mass is 16.5. The topological polar surface area (TPSA) is 56.8 Å². The Morgan fingerprint density at radius 1 is 0.833 bits per heavy atom. The fourth-order valence-corrected chi connectivity index (χ4v) is 2.70. The van der Waals surface area contributed by atoms with Gasteiger partial charge in [-0.1, -0.05) is 31.2 Å². The summed E-state index contributed by atoms with van der Waals surface area (Å²) < 4.78 is 17.1. The van der Waals surface area contributed by atoms with E-state index in [0.717, 1.165) is 12.2 Å². The summed E-state index contributed by atoms with van der Waals surface area (Å²) in [5, 5.41) is 2.89. The van der Waals surface area contributed by atoms with Crippen molar-refractivity contribution in [2.24, 2.45) is 0 Å². The minimum Gasteiger partial charge on any atom is -0.491 e. The molecule has 1 amide bonds. The van der Waals surface area contributed by atoms with Crippen LogP contribution in [0, 0.1) is 0 Å². The monoisotopic (exact) mass is 405 g/mol. The molecule has 3 rings (SSSR count). The largest absolute Gasteiger partial charge is 0.491 e. The second kappa shape index (κ2) is 10.9. The van der Waals surface area contributed by atoms with Gasteiger partial charge < -0.3 is 19.5 Å². The van der Waals surface area contributed by atoms with Crippen molar-refractivity contribution in [2.75, 3.05) is 18.5 Å². The Morgan fingerprint density at radius 2 is 1.47 bits per heavy atom. The molecule has 3 aromatic rings. The van der Waals surface area contributed by atoms with E-state index in [1.54, 1.807) is 12.1 Å². The summed E-state index contributed by atoms with van der Waals surface area (Å²) >= 11 is 0. The maximum absolute atomic E-state index is 12.5. The molecule has 0 aromatic heterocycles. The predicted molar refractivity (Wildman–Crippen MR) is 119 cm³/mol. The first-order valence-corrected chi connectivity index (χ1v) is 10.1. The minimum absolute atomic E-state index is 0.106. The van der Waals surface area contributed by atoms with Crippen LogP contribution in [0.5, 0.6) is 17.2 Å². The van der Waals surface area contributed by atoms with E-state index in [9.17, 15) is 4.79 Å². The van der Waals surface area contributed by atoms with Gasteiger partial charge in [-0.15, -0.1) is 0 Å². The first-order chi connectivity index (χ1) is 14.6. The van der Waals surface area contributed by atoms with Gasteiger partial charge in [-0.25, -0.2) is 0 Å². The van der Waals surface area contributed by atoms with Crippen molar-refractivity contribution in [3.05, 3.63) is 84.4 Å². The molecule has 0 aliphatic rings. The quantitative estimate of drug-likeness (QED) is 0.448. The highest BCUT2D eigenvalue weighted by Gasteiger charge is 2.09. The van der Waals surface area contributed by atoms with E-state index in [1.165, 1.54) is 0 Å². The Bertz CT molecular complexity index is 925. The van der Waals surface area contributed by atoms with E-state index < -0.39 is 0 Å². The lowest BCUT2D eigenvalue weighted by Crippen LogP contribution is -2.13. The van der Waals surface area contributed by atoms with Crippen LogP contribution in [0.3, 0.4) is 0 Å². The van der Waals surface area contributed by atoms with Crippen LogP contribution in [-0.4, -0.2) is 25.2 Å². The molecule has 0 heterocycles. The molecule has 5 heteroatoms. The number of benzene rings is 3. The van der Waals surface area contributed by atoms with Gasteiger partial charge in [0.05, 0.1) is 6.10 Å². The Hall–Kier alpha value is -3.47. The highest BCUT2D eigenvalue weighted by Crippen LogP contribution is 2.19. The lowest BCUT2D eigenvalue weighted by Gasteiger charge is -2.13. The Kier molecular flexibility index (Phi) is 7.72. The van der Waals surface area contributed by atoms with E-state index in [-0.39, 0.29) is 12.0 Å². The molecule has 0 aliphatic heterocycles. The average molecular weight is 405 g/mol. The molecule has 5 nitrogen and oxygen atoms in total. The van der Waals surface area contributed by atoms with Gasteiger partial charge in [0.2, 0.25) is 0 Å². The molecule has 30 heavy (non-hydrogen) atoms.